The topological polar surface area (TPSA) is 68.4 Å². The van der Waals surface area contributed by atoms with Gasteiger partial charge in [0, 0.05) is 18.3 Å². The van der Waals surface area contributed by atoms with Crippen LogP contribution in [0.25, 0.3) is 0 Å². The van der Waals surface area contributed by atoms with E-state index in [1.807, 2.05) is 0 Å². The molecule has 0 amide bonds. The first-order valence-electron chi connectivity index (χ1n) is 3.65. The normalized spacial score (nSPS) is 12.6. The van der Waals surface area contributed by atoms with Gasteiger partial charge in [0.05, 0.1) is 19.4 Å². The fourth-order valence-corrected chi connectivity index (χ4v) is 0.866. The zero-order chi connectivity index (χ0) is 8.97. The summed E-state index contributed by atoms with van der Waals surface area (Å²) >= 11 is 0. The van der Waals surface area contributed by atoms with Crippen molar-refractivity contribution in [3.05, 3.63) is 24.0 Å². The number of aromatic nitrogens is 1. The van der Waals surface area contributed by atoms with Crippen molar-refractivity contribution in [1.82, 2.24) is 4.98 Å². The first kappa shape index (κ1) is 8.96. The highest BCUT2D eigenvalue weighted by Gasteiger charge is 2.05. The average Bonchev–Trinajstić information content (AvgIpc) is 2.17. The monoisotopic (exact) mass is 168 g/mol. The predicted octanol–water partition coefficient (Wildman–Crippen LogP) is 0.0823. The van der Waals surface area contributed by atoms with Gasteiger partial charge in [0.25, 0.3) is 0 Å². The van der Waals surface area contributed by atoms with Crippen molar-refractivity contribution >= 4 is 0 Å². The van der Waals surface area contributed by atoms with E-state index in [1.54, 1.807) is 25.6 Å². The summed E-state index contributed by atoms with van der Waals surface area (Å²) in [7, 11) is 1.55. The lowest BCUT2D eigenvalue weighted by Gasteiger charge is -2.08. The summed E-state index contributed by atoms with van der Waals surface area (Å²) in [5, 5.41) is 9.33. The highest BCUT2D eigenvalue weighted by molar-refractivity contribution is 5.25. The molecular formula is C8H12N2O2. The molecule has 0 aromatic carbocycles. The molecule has 4 heteroatoms. The quantitative estimate of drug-likeness (QED) is 0.670. The van der Waals surface area contributed by atoms with Crippen LogP contribution in [0.2, 0.25) is 0 Å². The molecule has 0 saturated heterocycles. The first-order chi connectivity index (χ1) is 5.77. The zero-order valence-electron chi connectivity index (χ0n) is 6.90. The summed E-state index contributed by atoms with van der Waals surface area (Å²) in [6.07, 6.45) is 2.49. The van der Waals surface area contributed by atoms with Crippen molar-refractivity contribution in [2.75, 3.05) is 13.7 Å². The number of rotatable bonds is 3. The van der Waals surface area contributed by atoms with Crippen molar-refractivity contribution in [3.8, 4) is 5.75 Å². The number of hydrogen-bond donors (Lipinski definition) is 2. The highest BCUT2D eigenvalue weighted by Crippen LogP contribution is 2.15. The fourth-order valence-electron chi connectivity index (χ4n) is 0.866. The van der Waals surface area contributed by atoms with E-state index in [0.717, 1.165) is 0 Å². The van der Waals surface area contributed by atoms with Gasteiger partial charge in [-0.1, -0.05) is 0 Å². The SMILES string of the molecule is COc1cncc([C@H](O)CN)c1. The lowest BCUT2D eigenvalue weighted by atomic mass is 10.1. The smallest absolute Gasteiger partial charge is 0.137 e. The van der Waals surface area contributed by atoms with Gasteiger partial charge in [-0.3, -0.25) is 4.98 Å². The van der Waals surface area contributed by atoms with Crippen LogP contribution in [0.5, 0.6) is 5.75 Å². The maximum Gasteiger partial charge on any atom is 0.137 e. The molecule has 12 heavy (non-hydrogen) atoms. The molecule has 0 fully saturated rings. The summed E-state index contributed by atoms with van der Waals surface area (Å²) < 4.78 is 4.94. The van der Waals surface area contributed by atoms with E-state index >= 15 is 0 Å². The third-order valence-electron chi connectivity index (χ3n) is 1.58. The number of nitrogens with two attached hydrogens (primary N) is 1. The number of hydrogen-bond acceptors (Lipinski definition) is 4. The van der Waals surface area contributed by atoms with Crippen LogP contribution in [-0.4, -0.2) is 23.7 Å². The summed E-state index contributed by atoms with van der Waals surface area (Å²) in [6.45, 7) is 0.189. The largest absolute Gasteiger partial charge is 0.495 e. The van der Waals surface area contributed by atoms with Gasteiger partial charge in [0.2, 0.25) is 0 Å². The number of aliphatic hydroxyl groups excluding tert-OH is 1. The molecule has 3 N–H and O–H groups in total. The molecule has 0 unspecified atom stereocenters. The van der Waals surface area contributed by atoms with Crippen LogP contribution in [0.1, 0.15) is 11.7 Å². The van der Waals surface area contributed by atoms with E-state index in [4.69, 9.17) is 10.5 Å². The van der Waals surface area contributed by atoms with E-state index in [9.17, 15) is 5.11 Å². The van der Waals surface area contributed by atoms with Crippen LogP contribution in [-0.2, 0) is 0 Å². The Balaban J connectivity index is 2.86. The standard InChI is InChI=1S/C8H12N2O2/c1-12-7-2-6(4-10-5-7)8(11)3-9/h2,4-5,8,11H,3,9H2,1H3/t8-/m1/s1. The Morgan fingerprint density at radius 2 is 2.42 bits per heavy atom. The number of aliphatic hydroxyl groups is 1. The molecule has 0 aliphatic carbocycles. The molecule has 0 aliphatic heterocycles. The summed E-state index contributed by atoms with van der Waals surface area (Å²) in [5.41, 5.74) is 5.95. The maximum absolute atomic E-state index is 9.33. The average molecular weight is 168 g/mol. The Morgan fingerprint density at radius 1 is 1.67 bits per heavy atom. The maximum atomic E-state index is 9.33. The molecule has 1 aromatic rings. The Hall–Kier alpha value is -1.13. The molecule has 1 atom stereocenters. The summed E-state index contributed by atoms with van der Waals surface area (Å²) in [5.74, 6) is 0.625. The van der Waals surface area contributed by atoms with E-state index < -0.39 is 6.10 Å². The molecule has 1 aromatic heterocycles. The first-order valence-corrected chi connectivity index (χ1v) is 3.65. The Bertz CT molecular complexity index is 253. The Labute approximate surface area is 71.0 Å². The molecule has 0 radical (unpaired) electrons. The van der Waals surface area contributed by atoms with Gasteiger partial charge in [-0.05, 0) is 6.07 Å². The van der Waals surface area contributed by atoms with E-state index in [-0.39, 0.29) is 6.54 Å². The van der Waals surface area contributed by atoms with Gasteiger partial charge in [0.1, 0.15) is 5.75 Å². The minimum Gasteiger partial charge on any atom is -0.495 e. The van der Waals surface area contributed by atoms with Gasteiger partial charge < -0.3 is 15.6 Å². The summed E-state index contributed by atoms with van der Waals surface area (Å²) in [4.78, 5) is 3.88. The number of nitrogens with zero attached hydrogens (tertiary/aromatic N) is 1. The van der Waals surface area contributed by atoms with Crippen LogP contribution in [0.4, 0.5) is 0 Å². The lowest BCUT2D eigenvalue weighted by Crippen LogP contribution is -2.11. The minimum atomic E-state index is -0.660. The number of ether oxygens (including phenoxy) is 1. The Morgan fingerprint density at radius 3 is 3.00 bits per heavy atom. The van der Waals surface area contributed by atoms with Crippen LogP contribution in [0.15, 0.2) is 18.5 Å². The fraction of sp³-hybridized carbons (Fsp3) is 0.375. The Kier molecular flexibility index (Phi) is 3.01. The predicted molar refractivity (Wildman–Crippen MR) is 44.8 cm³/mol. The van der Waals surface area contributed by atoms with Crippen LogP contribution in [0, 0.1) is 0 Å². The van der Waals surface area contributed by atoms with Crippen LogP contribution >= 0.6 is 0 Å². The molecule has 0 aliphatic rings. The lowest BCUT2D eigenvalue weighted by molar-refractivity contribution is 0.186. The van der Waals surface area contributed by atoms with Crippen molar-refractivity contribution in [2.24, 2.45) is 5.73 Å². The second-order valence-electron chi connectivity index (χ2n) is 2.41. The van der Waals surface area contributed by atoms with E-state index in [1.165, 1.54) is 0 Å². The third-order valence-corrected chi connectivity index (χ3v) is 1.58. The van der Waals surface area contributed by atoms with Gasteiger partial charge in [-0.25, -0.2) is 0 Å². The molecule has 0 saturated carbocycles. The van der Waals surface area contributed by atoms with Gasteiger partial charge in [0.15, 0.2) is 0 Å². The van der Waals surface area contributed by atoms with Crippen molar-refractivity contribution in [2.45, 2.75) is 6.10 Å². The molecular weight excluding hydrogens is 156 g/mol. The van der Waals surface area contributed by atoms with Crippen LogP contribution < -0.4 is 10.5 Å². The molecule has 0 bridgehead atoms. The summed E-state index contributed by atoms with van der Waals surface area (Å²) in [6, 6.07) is 1.71. The molecule has 1 heterocycles. The molecule has 4 nitrogen and oxygen atoms in total. The highest BCUT2D eigenvalue weighted by atomic mass is 16.5. The second-order valence-corrected chi connectivity index (χ2v) is 2.41. The van der Waals surface area contributed by atoms with Crippen molar-refractivity contribution < 1.29 is 9.84 Å². The van der Waals surface area contributed by atoms with Gasteiger partial charge >= 0.3 is 0 Å². The second kappa shape index (κ2) is 4.04. The van der Waals surface area contributed by atoms with Crippen molar-refractivity contribution in [3.63, 3.8) is 0 Å². The van der Waals surface area contributed by atoms with Gasteiger partial charge in [-0.2, -0.15) is 0 Å². The molecule has 1 rings (SSSR count). The molecule has 66 valence electrons. The van der Waals surface area contributed by atoms with E-state index in [2.05, 4.69) is 4.98 Å². The molecule has 0 spiro atoms. The van der Waals surface area contributed by atoms with Crippen LogP contribution in [0.3, 0.4) is 0 Å². The number of methoxy groups -OCH3 is 1. The number of pyridine rings is 1. The van der Waals surface area contributed by atoms with Gasteiger partial charge in [-0.15, -0.1) is 0 Å². The minimum absolute atomic E-state index is 0.189. The zero-order valence-corrected chi connectivity index (χ0v) is 6.90. The van der Waals surface area contributed by atoms with E-state index in [0.29, 0.717) is 11.3 Å². The van der Waals surface area contributed by atoms with Crippen molar-refractivity contribution in [1.29, 1.82) is 0 Å². The third kappa shape index (κ3) is 1.93.